The zero-order valence-corrected chi connectivity index (χ0v) is 7.38. The molecule has 0 aromatic carbocycles. The summed E-state index contributed by atoms with van der Waals surface area (Å²) >= 11 is 0. The van der Waals surface area contributed by atoms with Crippen LogP contribution in [0, 0.1) is 0 Å². The van der Waals surface area contributed by atoms with E-state index in [2.05, 4.69) is 4.98 Å². The fourth-order valence-corrected chi connectivity index (χ4v) is 1.38. The van der Waals surface area contributed by atoms with Crippen molar-refractivity contribution in [1.82, 2.24) is 9.55 Å². The molecule has 6 heteroatoms. The molecule has 1 saturated carbocycles. The number of imidazole rings is 1. The zero-order chi connectivity index (χ0) is 10.3. The predicted molar refractivity (Wildman–Crippen MR) is 43.4 cm³/mol. The van der Waals surface area contributed by atoms with E-state index in [0.717, 1.165) is 12.8 Å². The minimum atomic E-state index is -4.38. The van der Waals surface area contributed by atoms with Gasteiger partial charge in [0.2, 0.25) is 5.82 Å². The lowest BCUT2D eigenvalue weighted by molar-refractivity contribution is -0.147. The highest BCUT2D eigenvalue weighted by Crippen LogP contribution is 2.40. The molecule has 1 aliphatic rings. The monoisotopic (exact) mass is 205 g/mol. The van der Waals surface area contributed by atoms with E-state index < -0.39 is 12.0 Å². The van der Waals surface area contributed by atoms with Crippen LogP contribution in [0.1, 0.15) is 30.4 Å². The van der Waals surface area contributed by atoms with Gasteiger partial charge in [0.25, 0.3) is 0 Å². The Morgan fingerprint density at radius 3 is 2.57 bits per heavy atom. The van der Waals surface area contributed by atoms with Crippen LogP contribution in [-0.2, 0) is 12.7 Å². The van der Waals surface area contributed by atoms with Gasteiger partial charge >= 0.3 is 6.18 Å². The molecule has 0 radical (unpaired) electrons. The van der Waals surface area contributed by atoms with E-state index in [1.54, 1.807) is 0 Å². The molecule has 2 rings (SSSR count). The van der Waals surface area contributed by atoms with Gasteiger partial charge in [-0.25, -0.2) is 4.98 Å². The zero-order valence-electron chi connectivity index (χ0n) is 7.38. The normalized spacial score (nSPS) is 17.4. The van der Waals surface area contributed by atoms with Crippen molar-refractivity contribution in [3.63, 3.8) is 0 Å². The minimum absolute atomic E-state index is 0.0283. The number of alkyl halides is 3. The maximum absolute atomic E-state index is 12.5. The number of hydrogen-bond acceptors (Lipinski definition) is 2. The number of rotatable bonds is 2. The first-order chi connectivity index (χ1) is 6.52. The summed E-state index contributed by atoms with van der Waals surface area (Å²) in [6.45, 7) is 0.0444. The number of nitrogens with two attached hydrogens (primary N) is 1. The van der Waals surface area contributed by atoms with Gasteiger partial charge < -0.3 is 10.3 Å². The molecule has 2 N–H and O–H groups in total. The highest BCUT2D eigenvalue weighted by molar-refractivity contribution is 5.10. The van der Waals surface area contributed by atoms with Gasteiger partial charge in [-0.1, -0.05) is 0 Å². The Morgan fingerprint density at radius 1 is 1.50 bits per heavy atom. The van der Waals surface area contributed by atoms with E-state index in [0.29, 0.717) is 5.69 Å². The van der Waals surface area contributed by atoms with E-state index in [4.69, 9.17) is 5.73 Å². The molecule has 0 bridgehead atoms. The molecule has 0 spiro atoms. The standard InChI is InChI=1S/C8H10F3N3/c9-8(10,11)7-13-5(3-12)4-14(7)6-1-2-6/h4,6H,1-3,12H2. The van der Waals surface area contributed by atoms with Gasteiger partial charge in [0.1, 0.15) is 0 Å². The van der Waals surface area contributed by atoms with Crippen molar-refractivity contribution in [2.24, 2.45) is 5.73 Å². The van der Waals surface area contributed by atoms with E-state index >= 15 is 0 Å². The largest absolute Gasteiger partial charge is 0.449 e. The summed E-state index contributed by atoms with van der Waals surface area (Å²) in [6, 6.07) is -0.0283. The first-order valence-corrected chi connectivity index (χ1v) is 4.37. The Kier molecular flexibility index (Phi) is 2.02. The number of nitrogens with zero attached hydrogens (tertiary/aromatic N) is 2. The van der Waals surface area contributed by atoms with Crippen LogP contribution in [0.3, 0.4) is 0 Å². The molecule has 0 saturated heterocycles. The molecule has 1 aromatic heterocycles. The second kappa shape index (κ2) is 2.98. The summed E-state index contributed by atoms with van der Waals surface area (Å²) in [7, 11) is 0. The highest BCUT2D eigenvalue weighted by Gasteiger charge is 2.40. The van der Waals surface area contributed by atoms with Gasteiger partial charge in [-0.15, -0.1) is 0 Å². The molecule has 3 nitrogen and oxygen atoms in total. The smallest absolute Gasteiger partial charge is 0.325 e. The Balaban J connectivity index is 2.40. The SMILES string of the molecule is NCc1cn(C2CC2)c(C(F)(F)F)n1. The molecule has 14 heavy (non-hydrogen) atoms. The van der Waals surface area contributed by atoms with Crippen molar-refractivity contribution in [1.29, 1.82) is 0 Å². The van der Waals surface area contributed by atoms with E-state index in [1.807, 2.05) is 0 Å². The van der Waals surface area contributed by atoms with E-state index in [9.17, 15) is 13.2 Å². The Morgan fingerprint density at radius 2 is 2.14 bits per heavy atom. The van der Waals surface area contributed by atoms with Crippen LogP contribution in [0.5, 0.6) is 0 Å². The molecule has 78 valence electrons. The molecule has 1 fully saturated rings. The quantitative estimate of drug-likeness (QED) is 0.798. The first kappa shape index (κ1) is 9.51. The molecular formula is C8H10F3N3. The van der Waals surface area contributed by atoms with Crippen LogP contribution in [-0.4, -0.2) is 9.55 Å². The van der Waals surface area contributed by atoms with Gasteiger partial charge in [0.15, 0.2) is 0 Å². The third-order valence-electron chi connectivity index (χ3n) is 2.19. The maximum Gasteiger partial charge on any atom is 0.449 e. The average Bonchev–Trinajstić information content (AvgIpc) is 2.83. The average molecular weight is 205 g/mol. The van der Waals surface area contributed by atoms with Crippen molar-refractivity contribution >= 4 is 0 Å². The van der Waals surface area contributed by atoms with E-state index in [1.165, 1.54) is 10.8 Å². The lowest BCUT2D eigenvalue weighted by Crippen LogP contribution is -2.13. The summed E-state index contributed by atoms with van der Waals surface area (Å²) in [6.07, 6.45) is -1.39. The van der Waals surface area contributed by atoms with E-state index in [-0.39, 0.29) is 12.6 Å². The van der Waals surface area contributed by atoms with Crippen molar-refractivity contribution in [3.8, 4) is 0 Å². The van der Waals surface area contributed by atoms with Crippen LogP contribution in [0.2, 0.25) is 0 Å². The summed E-state index contributed by atoms with van der Waals surface area (Å²) in [5, 5.41) is 0. The van der Waals surface area contributed by atoms with Gasteiger partial charge in [-0.3, -0.25) is 0 Å². The fourth-order valence-electron chi connectivity index (χ4n) is 1.38. The Bertz CT molecular complexity index is 338. The van der Waals surface area contributed by atoms with Crippen LogP contribution in [0.4, 0.5) is 13.2 Å². The van der Waals surface area contributed by atoms with Crippen molar-refractivity contribution in [2.45, 2.75) is 31.6 Å². The second-order valence-electron chi connectivity index (χ2n) is 3.40. The maximum atomic E-state index is 12.5. The number of halogens is 3. The summed E-state index contributed by atoms with van der Waals surface area (Å²) in [5.41, 5.74) is 5.55. The molecule has 0 atom stereocenters. The first-order valence-electron chi connectivity index (χ1n) is 4.37. The molecule has 1 aromatic rings. The second-order valence-corrected chi connectivity index (χ2v) is 3.40. The molecule has 0 amide bonds. The molecular weight excluding hydrogens is 195 g/mol. The van der Waals surface area contributed by atoms with Gasteiger partial charge in [0.05, 0.1) is 5.69 Å². The summed E-state index contributed by atoms with van der Waals surface area (Å²) < 4.78 is 38.6. The molecule has 0 unspecified atom stereocenters. The molecule has 1 heterocycles. The van der Waals surface area contributed by atoms with Crippen LogP contribution >= 0.6 is 0 Å². The van der Waals surface area contributed by atoms with Crippen molar-refractivity contribution in [3.05, 3.63) is 17.7 Å². The van der Waals surface area contributed by atoms with Crippen LogP contribution in [0.15, 0.2) is 6.20 Å². The van der Waals surface area contributed by atoms with Crippen LogP contribution in [0.25, 0.3) is 0 Å². The third-order valence-corrected chi connectivity index (χ3v) is 2.19. The van der Waals surface area contributed by atoms with Gasteiger partial charge in [-0.05, 0) is 12.8 Å². The summed E-state index contributed by atoms with van der Waals surface area (Å²) in [5.74, 6) is -0.819. The molecule has 1 aliphatic carbocycles. The van der Waals surface area contributed by atoms with Crippen molar-refractivity contribution < 1.29 is 13.2 Å². The third kappa shape index (κ3) is 1.61. The predicted octanol–water partition coefficient (Wildman–Crippen LogP) is 1.70. The minimum Gasteiger partial charge on any atom is -0.325 e. The number of hydrogen-bond donors (Lipinski definition) is 1. The summed E-state index contributed by atoms with van der Waals surface area (Å²) in [4.78, 5) is 3.47. The topological polar surface area (TPSA) is 43.8 Å². The van der Waals surface area contributed by atoms with Gasteiger partial charge in [0, 0.05) is 18.8 Å². The lowest BCUT2D eigenvalue weighted by Gasteiger charge is -2.08. The van der Waals surface area contributed by atoms with Gasteiger partial charge in [-0.2, -0.15) is 13.2 Å². The van der Waals surface area contributed by atoms with Crippen LogP contribution < -0.4 is 5.73 Å². The highest BCUT2D eigenvalue weighted by atomic mass is 19.4. The fraction of sp³-hybridized carbons (Fsp3) is 0.625. The number of aromatic nitrogens is 2. The van der Waals surface area contributed by atoms with Crippen molar-refractivity contribution in [2.75, 3.05) is 0 Å². The Labute approximate surface area is 78.7 Å². The molecule has 0 aliphatic heterocycles. The lowest BCUT2D eigenvalue weighted by atomic mass is 10.5. The Hall–Kier alpha value is -1.04.